The van der Waals surface area contributed by atoms with Crippen LogP contribution in [0.15, 0.2) is 77.7 Å². The maximum absolute atomic E-state index is 14.0. The van der Waals surface area contributed by atoms with Gasteiger partial charge in [0.05, 0.1) is 20.6 Å². The van der Waals surface area contributed by atoms with Crippen LogP contribution < -0.4 is 9.62 Å². The lowest BCUT2D eigenvalue weighted by Crippen LogP contribution is -2.52. The number of anilines is 1. The van der Waals surface area contributed by atoms with Gasteiger partial charge in [0.1, 0.15) is 12.6 Å². The van der Waals surface area contributed by atoms with E-state index in [1.807, 2.05) is 6.92 Å². The lowest BCUT2D eigenvalue weighted by atomic mass is 10.1. The summed E-state index contributed by atoms with van der Waals surface area (Å²) in [6.07, 6.45) is 2.00. The van der Waals surface area contributed by atoms with Crippen LogP contribution in [0.25, 0.3) is 0 Å². The third-order valence-corrected chi connectivity index (χ3v) is 9.02. The summed E-state index contributed by atoms with van der Waals surface area (Å²) in [6, 6.07) is 18.2. The lowest BCUT2D eigenvalue weighted by molar-refractivity contribution is -0.140. The largest absolute Gasteiger partial charge is 0.354 e. The molecule has 0 radical (unpaired) electrons. The van der Waals surface area contributed by atoms with E-state index >= 15 is 0 Å². The standard InChI is InChI=1S/C29H32Cl3N3O4S/c1-3-5-16-33-29(37)27(4-2)34(19-21-14-15-25(31)26(32)17-21)28(36)20-35(23-11-9-10-22(30)18-23)40(38,39)24-12-7-6-8-13-24/h6-15,17-18,27H,3-5,16,19-20H2,1-2H3,(H,33,37). The quantitative estimate of drug-likeness (QED) is 0.218. The number of amides is 2. The average molecular weight is 625 g/mol. The molecule has 11 heteroatoms. The second kappa shape index (κ2) is 14.7. The molecular weight excluding hydrogens is 593 g/mol. The molecule has 3 aromatic carbocycles. The summed E-state index contributed by atoms with van der Waals surface area (Å²) >= 11 is 18.5. The Balaban J connectivity index is 2.04. The van der Waals surface area contributed by atoms with Crippen molar-refractivity contribution >= 4 is 62.3 Å². The molecule has 0 saturated carbocycles. The smallest absolute Gasteiger partial charge is 0.264 e. The van der Waals surface area contributed by atoms with Crippen molar-refractivity contribution in [1.82, 2.24) is 10.2 Å². The minimum atomic E-state index is -4.17. The Labute approximate surface area is 251 Å². The van der Waals surface area contributed by atoms with Crippen LogP contribution in [0.2, 0.25) is 15.1 Å². The normalized spacial score (nSPS) is 12.0. The number of carbonyl (C=O) groups is 2. The Morgan fingerprint density at radius 2 is 1.62 bits per heavy atom. The van der Waals surface area contributed by atoms with Crippen molar-refractivity contribution in [3.63, 3.8) is 0 Å². The summed E-state index contributed by atoms with van der Waals surface area (Å²) in [5.74, 6) is -0.882. The molecule has 2 amide bonds. The molecule has 0 spiro atoms. The second-order valence-corrected chi connectivity index (χ2v) is 12.3. The van der Waals surface area contributed by atoms with Gasteiger partial charge in [-0.3, -0.25) is 13.9 Å². The van der Waals surface area contributed by atoms with Crippen molar-refractivity contribution in [2.24, 2.45) is 0 Å². The zero-order valence-electron chi connectivity index (χ0n) is 22.3. The van der Waals surface area contributed by atoms with E-state index in [4.69, 9.17) is 34.8 Å². The van der Waals surface area contributed by atoms with Crippen LogP contribution in [0.3, 0.4) is 0 Å². The SMILES string of the molecule is CCCCNC(=O)C(CC)N(Cc1ccc(Cl)c(Cl)c1)C(=O)CN(c1cccc(Cl)c1)S(=O)(=O)c1ccccc1. The van der Waals surface area contributed by atoms with Gasteiger partial charge in [0.25, 0.3) is 10.0 Å². The average Bonchev–Trinajstić information content (AvgIpc) is 2.94. The summed E-state index contributed by atoms with van der Waals surface area (Å²) < 4.78 is 28.6. The highest BCUT2D eigenvalue weighted by Crippen LogP contribution is 2.28. The Bertz CT molecular complexity index is 1420. The molecule has 1 atom stereocenters. The number of rotatable bonds is 13. The van der Waals surface area contributed by atoms with Gasteiger partial charge in [-0.15, -0.1) is 0 Å². The number of halogens is 3. The summed E-state index contributed by atoms with van der Waals surface area (Å²) in [7, 11) is -4.17. The van der Waals surface area contributed by atoms with Crippen molar-refractivity contribution in [2.75, 3.05) is 17.4 Å². The summed E-state index contributed by atoms with van der Waals surface area (Å²) in [6.45, 7) is 3.75. The zero-order valence-corrected chi connectivity index (χ0v) is 25.4. The Morgan fingerprint density at radius 1 is 0.900 bits per heavy atom. The van der Waals surface area contributed by atoms with Crippen LogP contribution in [0.1, 0.15) is 38.7 Å². The van der Waals surface area contributed by atoms with Crippen LogP contribution in [0.5, 0.6) is 0 Å². The molecule has 0 fully saturated rings. The first kappa shape index (κ1) is 31.7. The number of nitrogens with one attached hydrogen (secondary N) is 1. The maximum Gasteiger partial charge on any atom is 0.264 e. The fourth-order valence-corrected chi connectivity index (χ4v) is 6.07. The molecule has 0 aliphatic carbocycles. The van der Waals surface area contributed by atoms with Gasteiger partial charge >= 0.3 is 0 Å². The highest BCUT2D eigenvalue weighted by molar-refractivity contribution is 7.92. The first-order valence-corrected chi connectivity index (χ1v) is 15.5. The van der Waals surface area contributed by atoms with Crippen LogP contribution >= 0.6 is 34.8 Å². The second-order valence-electron chi connectivity index (χ2n) is 9.14. The molecule has 3 rings (SSSR count). The molecule has 1 unspecified atom stereocenters. The van der Waals surface area contributed by atoms with E-state index in [9.17, 15) is 18.0 Å². The fraction of sp³-hybridized carbons (Fsp3) is 0.310. The van der Waals surface area contributed by atoms with Gasteiger partial charge < -0.3 is 10.2 Å². The van der Waals surface area contributed by atoms with E-state index < -0.39 is 28.5 Å². The van der Waals surface area contributed by atoms with Crippen molar-refractivity contribution in [2.45, 2.75) is 50.6 Å². The van der Waals surface area contributed by atoms with E-state index in [0.29, 0.717) is 33.6 Å². The van der Waals surface area contributed by atoms with E-state index in [0.717, 1.165) is 17.1 Å². The Morgan fingerprint density at radius 3 is 2.25 bits per heavy atom. The molecule has 0 bridgehead atoms. The van der Waals surface area contributed by atoms with Crippen LogP contribution in [-0.2, 0) is 26.2 Å². The van der Waals surface area contributed by atoms with E-state index in [1.165, 1.54) is 23.1 Å². The van der Waals surface area contributed by atoms with Crippen LogP contribution in [-0.4, -0.2) is 44.3 Å². The highest BCUT2D eigenvalue weighted by Gasteiger charge is 2.33. The monoisotopic (exact) mass is 623 g/mol. The van der Waals surface area contributed by atoms with Crippen LogP contribution in [0.4, 0.5) is 5.69 Å². The fourth-order valence-electron chi connectivity index (χ4n) is 4.14. The minimum Gasteiger partial charge on any atom is -0.354 e. The number of benzene rings is 3. The number of nitrogens with zero attached hydrogens (tertiary/aromatic N) is 2. The first-order valence-electron chi connectivity index (χ1n) is 12.9. The van der Waals surface area contributed by atoms with E-state index in [-0.39, 0.29) is 23.0 Å². The van der Waals surface area contributed by atoms with Crippen molar-refractivity contribution < 1.29 is 18.0 Å². The van der Waals surface area contributed by atoms with E-state index in [1.54, 1.807) is 61.5 Å². The molecular formula is C29H32Cl3N3O4S. The minimum absolute atomic E-state index is 0.0168. The van der Waals surface area contributed by atoms with Gasteiger partial charge in [-0.1, -0.05) is 85.4 Å². The topological polar surface area (TPSA) is 86.8 Å². The summed E-state index contributed by atoms with van der Waals surface area (Å²) in [5.41, 5.74) is 0.863. The zero-order chi connectivity index (χ0) is 29.3. The van der Waals surface area contributed by atoms with Crippen molar-refractivity contribution in [3.05, 3.63) is 93.4 Å². The van der Waals surface area contributed by atoms with Crippen LogP contribution in [0, 0.1) is 0 Å². The number of carbonyl (C=O) groups excluding carboxylic acids is 2. The number of hydrogen-bond donors (Lipinski definition) is 1. The van der Waals surface area contributed by atoms with Gasteiger partial charge in [0.15, 0.2) is 0 Å². The first-order chi connectivity index (χ1) is 19.1. The lowest BCUT2D eigenvalue weighted by Gasteiger charge is -2.33. The molecule has 0 saturated heterocycles. The predicted octanol–water partition coefficient (Wildman–Crippen LogP) is 6.57. The molecule has 3 aromatic rings. The number of hydrogen-bond acceptors (Lipinski definition) is 4. The molecule has 0 aromatic heterocycles. The third-order valence-electron chi connectivity index (χ3n) is 6.26. The maximum atomic E-state index is 14.0. The summed E-state index contributed by atoms with van der Waals surface area (Å²) in [5, 5.41) is 3.87. The van der Waals surface area contributed by atoms with Gasteiger partial charge in [-0.2, -0.15) is 0 Å². The van der Waals surface area contributed by atoms with Gasteiger partial charge in [0, 0.05) is 18.1 Å². The van der Waals surface area contributed by atoms with Crippen molar-refractivity contribution in [3.8, 4) is 0 Å². The molecule has 0 heterocycles. The molecule has 0 aliphatic rings. The molecule has 214 valence electrons. The predicted molar refractivity (Wildman–Crippen MR) is 161 cm³/mol. The number of sulfonamides is 1. The Hall–Kier alpha value is -2.78. The number of unbranched alkanes of at least 4 members (excludes halogenated alkanes) is 1. The molecule has 1 N–H and O–H groups in total. The Kier molecular flexibility index (Phi) is 11.7. The molecule has 7 nitrogen and oxygen atoms in total. The van der Waals surface area contributed by atoms with Gasteiger partial charge in [0.2, 0.25) is 11.8 Å². The molecule has 0 aliphatic heterocycles. The van der Waals surface area contributed by atoms with Gasteiger partial charge in [-0.25, -0.2) is 8.42 Å². The van der Waals surface area contributed by atoms with E-state index in [2.05, 4.69) is 5.32 Å². The van der Waals surface area contributed by atoms with Crippen molar-refractivity contribution in [1.29, 1.82) is 0 Å². The molecule has 40 heavy (non-hydrogen) atoms. The van der Waals surface area contributed by atoms with Gasteiger partial charge in [-0.05, 0) is 60.9 Å². The summed E-state index contributed by atoms with van der Waals surface area (Å²) in [4.78, 5) is 28.7. The third kappa shape index (κ3) is 8.13. The highest BCUT2D eigenvalue weighted by atomic mass is 35.5.